The lowest BCUT2D eigenvalue weighted by Gasteiger charge is -2.35. The summed E-state index contributed by atoms with van der Waals surface area (Å²) in [6, 6.07) is 8.83. The summed E-state index contributed by atoms with van der Waals surface area (Å²) in [7, 11) is 2.17. The van der Waals surface area contributed by atoms with E-state index < -0.39 is 0 Å². The molecule has 1 aromatic carbocycles. The second-order valence-electron chi connectivity index (χ2n) is 5.08. The van der Waals surface area contributed by atoms with Crippen molar-refractivity contribution in [3.63, 3.8) is 0 Å². The third kappa shape index (κ3) is 2.31. The summed E-state index contributed by atoms with van der Waals surface area (Å²) < 4.78 is 0. The fraction of sp³-hybridized carbons (Fsp3) is 0.571. The van der Waals surface area contributed by atoms with Gasteiger partial charge >= 0.3 is 0 Å². The van der Waals surface area contributed by atoms with Crippen LogP contribution in [0.15, 0.2) is 24.3 Å². The molecular weight excluding hydrogens is 196 g/mol. The molecule has 0 saturated heterocycles. The minimum absolute atomic E-state index is 0.667. The first kappa shape index (κ1) is 11.3. The van der Waals surface area contributed by atoms with Gasteiger partial charge in [0.05, 0.1) is 11.4 Å². The molecule has 0 radical (unpaired) electrons. The van der Waals surface area contributed by atoms with Gasteiger partial charge in [0.15, 0.2) is 0 Å². The highest BCUT2D eigenvalue weighted by Gasteiger charge is 2.22. The van der Waals surface area contributed by atoms with Crippen LogP contribution in [0.2, 0.25) is 0 Å². The Balaban J connectivity index is 2.07. The molecule has 0 atom stereocenters. The fourth-order valence-corrected chi connectivity index (χ4v) is 2.64. The fourth-order valence-electron chi connectivity index (χ4n) is 2.64. The summed E-state index contributed by atoms with van der Waals surface area (Å²) in [6.45, 7) is 2.35. The van der Waals surface area contributed by atoms with Crippen LogP contribution in [0.5, 0.6) is 0 Å². The van der Waals surface area contributed by atoms with Crippen LogP contribution in [0, 0.1) is 5.92 Å². The van der Waals surface area contributed by atoms with Crippen molar-refractivity contribution in [2.45, 2.75) is 38.6 Å². The molecule has 0 spiro atoms. The van der Waals surface area contributed by atoms with Crippen molar-refractivity contribution >= 4 is 11.4 Å². The van der Waals surface area contributed by atoms with Gasteiger partial charge in [0.2, 0.25) is 0 Å². The zero-order chi connectivity index (χ0) is 11.5. The molecule has 1 aromatic rings. The Morgan fingerprint density at radius 3 is 2.38 bits per heavy atom. The van der Waals surface area contributed by atoms with Gasteiger partial charge in [-0.05, 0) is 43.7 Å². The van der Waals surface area contributed by atoms with Gasteiger partial charge in [0.1, 0.15) is 0 Å². The molecule has 2 rings (SSSR count). The quantitative estimate of drug-likeness (QED) is 0.772. The highest BCUT2D eigenvalue weighted by molar-refractivity contribution is 5.67. The standard InChI is InChI=1S/C14H22N2/c1-11-7-9-12(10-8-11)16(2)14-6-4-3-5-13(14)15/h3-6,11-12H,7-10,15H2,1-2H3. The molecule has 1 aliphatic carbocycles. The second-order valence-corrected chi connectivity index (χ2v) is 5.08. The molecule has 16 heavy (non-hydrogen) atoms. The van der Waals surface area contributed by atoms with Gasteiger partial charge in [-0.25, -0.2) is 0 Å². The molecular formula is C14H22N2. The summed E-state index contributed by atoms with van der Waals surface area (Å²) >= 11 is 0. The lowest BCUT2D eigenvalue weighted by Crippen LogP contribution is -2.35. The van der Waals surface area contributed by atoms with Crippen molar-refractivity contribution in [1.82, 2.24) is 0 Å². The summed E-state index contributed by atoms with van der Waals surface area (Å²) in [5, 5.41) is 0. The van der Waals surface area contributed by atoms with Crippen LogP contribution in [-0.2, 0) is 0 Å². The predicted octanol–water partition coefficient (Wildman–Crippen LogP) is 3.28. The van der Waals surface area contributed by atoms with Gasteiger partial charge in [-0.2, -0.15) is 0 Å². The molecule has 2 nitrogen and oxygen atoms in total. The Labute approximate surface area is 98.4 Å². The highest BCUT2D eigenvalue weighted by atomic mass is 15.1. The Morgan fingerprint density at radius 1 is 1.12 bits per heavy atom. The van der Waals surface area contributed by atoms with Crippen LogP contribution in [0.1, 0.15) is 32.6 Å². The monoisotopic (exact) mass is 218 g/mol. The van der Waals surface area contributed by atoms with Crippen molar-refractivity contribution in [1.29, 1.82) is 0 Å². The van der Waals surface area contributed by atoms with Crippen LogP contribution in [0.4, 0.5) is 11.4 Å². The molecule has 2 heteroatoms. The average molecular weight is 218 g/mol. The molecule has 1 aliphatic rings. The van der Waals surface area contributed by atoms with E-state index in [1.165, 1.54) is 31.4 Å². The van der Waals surface area contributed by atoms with Gasteiger partial charge in [0.25, 0.3) is 0 Å². The maximum absolute atomic E-state index is 6.01. The molecule has 88 valence electrons. The number of anilines is 2. The number of benzene rings is 1. The Bertz CT molecular complexity index is 340. The van der Waals surface area contributed by atoms with Gasteiger partial charge in [-0.3, -0.25) is 0 Å². The van der Waals surface area contributed by atoms with Crippen LogP contribution in [0.3, 0.4) is 0 Å². The van der Waals surface area contributed by atoms with E-state index >= 15 is 0 Å². The van der Waals surface area contributed by atoms with Crippen molar-refractivity contribution < 1.29 is 0 Å². The van der Waals surface area contributed by atoms with E-state index in [2.05, 4.69) is 31.0 Å². The Morgan fingerprint density at radius 2 is 1.75 bits per heavy atom. The second kappa shape index (κ2) is 4.77. The molecule has 0 aliphatic heterocycles. The maximum atomic E-state index is 6.01. The van der Waals surface area contributed by atoms with E-state index in [-0.39, 0.29) is 0 Å². The van der Waals surface area contributed by atoms with Crippen molar-refractivity contribution in [3.8, 4) is 0 Å². The van der Waals surface area contributed by atoms with Crippen molar-refractivity contribution in [2.24, 2.45) is 5.92 Å². The number of hydrogen-bond donors (Lipinski definition) is 1. The maximum Gasteiger partial charge on any atom is 0.0599 e. The minimum Gasteiger partial charge on any atom is -0.397 e. The third-order valence-corrected chi connectivity index (χ3v) is 3.85. The average Bonchev–Trinajstić information content (AvgIpc) is 2.30. The third-order valence-electron chi connectivity index (χ3n) is 3.85. The normalized spacial score (nSPS) is 25.4. The summed E-state index contributed by atoms with van der Waals surface area (Å²) in [5.74, 6) is 0.901. The highest BCUT2D eigenvalue weighted by Crippen LogP contribution is 2.31. The van der Waals surface area contributed by atoms with Crippen LogP contribution in [-0.4, -0.2) is 13.1 Å². The van der Waals surface area contributed by atoms with Gasteiger partial charge in [-0.15, -0.1) is 0 Å². The molecule has 0 bridgehead atoms. The number of nitrogen functional groups attached to an aromatic ring is 1. The molecule has 1 fully saturated rings. The molecule has 2 N–H and O–H groups in total. The largest absolute Gasteiger partial charge is 0.397 e. The molecule has 0 heterocycles. The van der Waals surface area contributed by atoms with Crippen molar-refractivity contribution in [2.75, 3.05) is 17.7 Å². The van der Waals surface area contributed by atoms with Gasteiger partial charge in [0, 0.05) is 13.1 Å². The van der Waals surface area contributed by atoms with E-state index in [1.54, 1.807) is 0 Å². The first-order valence-corrected chi connectivity index (χ1v) is 6.26. The zero-order valence-corrected chi connectivity index (χ0v) is 10.3. The number of nitrogens with zero attached hydrogens (tertiary/aromatic N) is 1. The van der Waals surface area contributed by atoms with E-state index in [0.717, 1.165) is 11.6 Å². The van der Waals surface area contributed by atoms with E-state index in [9.17, 15) is 0 Å². The number of hydrogen-bond acceptors (Lipinski definition) is 2. The van der Waals surface area contributed by atoms with Crippen LogP contribution in [0.25, 0.3) is 0 Å². The van der Waals surface area contributed by atoms with E-state index in [1.807, 2.05) is 12.1 Å². The summed E-state index contributed by atoms with van der Waals surface area (Å²) in [6.07, 6.45) is 5.29. The predicted molar refractivity (Wildman–Crippen MR) is 70.7 cm³/mol. The first-order valence-electron chi connectivity index (χ1n) is 6.26. The van der Waals surface area contributed by atoms with Gasteiger partial charge in [-0.1, -0.05) is 19.1 Å². The number of nitrogens with two attached hydrogens (primary N) is 1. The Hall–Kier alpha value is -1.18. The van der Waals surface area contributed by atoms with E-state index in [0.29, 0.717) is 6.04 Å². The number of rotatable bonds is 2. The summed E-state index contributed by atoms with van der Waals surface area (Å²) in [5.41, 5.74) is 8.09. The molecule has 1 saturated carbocycles. The topological polar surface area (TPSA) is 29.3 Å². The van der Waals surface area contributed by atoms with Crippen molar-refractivity contribution in [3.05, 3.63) is 24.3 Å². The lowest BCUT2D eigenvalue weighted by atomic mass is 9.86. The lowest BCUT2D eigenvalue weighted by molar-refractivity contribution is 0.341. The van der Waals surface area contributed by atoms with Crippen LogP contribution >= 0.6 is 0 Å². The smallest absolute Gasteiger partial charge is 0.0599 e. The summed E-state index contributed by atoms with van der Waals surface area (Å²) in [4.78, 5) is 2.36. The molecule has 0 amide bonds. The first-order chi connectivity index (χ1) is 7.68. The van der Waals surface area contributed by atoms with Gasteiger partial charge < -0.3 is 10.6 Å². The number of para-hydroxylation sites is 2. The Kier molecular flexibility index (Phi) is 3.37. The zero-order valence-electron chi connectivity index (χ0n) is 10.3. The SMILES string of the molecule is CC1CCC(N(C)c2ccccc2N)CC1. The molecule has 0 unspecified atom stereocenters. The van der Waals surface area contributed by atoms with Crippen LogP contribution < -0.4 is 10.6 Å². The molecule has 0 aromatic heterocycles. The van der Waals surface area contributed by atoms with E-state index in [4.69, 9.17) is 5.73 Å². The minimum atomic E-state index is 0.667.